The van der Waals surface area contributed by atoms with Crippen LogP contribution in [0.1, 0.15) is 23.2 Å². The molecular formula is C11H10ClF4NO. The number of alkyl halides is 3. The van der Waals surface area contributed by atoms with Gasteiger partial charge >= 0.3 is 6.18 Å². The zero-order valence-corrected chi connectivity index (χ0v) is 9.91. The summed E-state index contributed by atoms with van der Waals surface area (Å²) in [4.78, 5) is 11.5. The molecule has 0 atom stereocenters. The number of hydrogen-bond acceptors (Lipinski definition) is 1. The first-order valence-corrected chi connectivity index (χ1v) is 5.47. The van der Waals surface area contributed by atoms with Gasteiger partial charge in [-0.25, -0.2) is 4.39 Å². The molecular weight excluding hydrogens is 274 g/mol. The number of rotatable bonds is 4. The second kappa shape index (κ2) is 6.04. The second-order valence-corrected chi connectivity index (χ2v) is 4.04. The molecule has 0 aliphatic heterocycles. The Morgan fingerprint density at radius 1 is 1.33 bits per heavy atom. The van der Waals surface area contributed by atoms with Gasteiger partial charge in [0.1, 0.15) is 5.82 Å². The third kappa shape index (κ3) is 4.91. The van der Waals surface area contributed by atoms with Gasteiger partial charge < -0.3 is 5.32 Å². The minimum Gasteiger partial charge on any atom is -0.352 e. The fraction of sp³-hybridized carbons (Fsp3) is 0.364. The summed E-state index contributed by atoms with van der Waals surface area (Å²) in [7, 11) is 0. The Bertz CT molecular complexity index is 434. The van der Waals surface area contributed by atoms with Crippen molar-refractivity contribution in [2.45, 2.75) is 19.0 Å². The first-order valence-electron chi connectivity index (χ1n) is 5.09. The average Bonchev–Trinajstić information content (AvgIpc) is 2.26. The van der Waals surface area contributed by atoms with Crippen molar-refractivity contribution in [1.29, 1.82) is 0 Å². The van der Waals surface area contributed by atoms with Crippen LogP contribution < -0.4 is 5.32 Å². The number of halogens is 5. The van der Waals surface area contributed by atoms with Gasteiger partial charge in [0.15, 0.2) is 0 Å². The lowest BCUT2D eigenvalue weighted by atomic mass is 10.2. The summed E-state index contributed by atoms with van der Waals surface area (Å²) in [5.74, 6) is -1.55. The monoisotopic (exact) mass is 283 g/mol. The van der Waals surface area contributed by atoms with E-state index in [2.05, 4.69) is 5.32 Å². The Kier molecular flexibility index (Phi) is 4.95. The average molecular weight is 284 g/mol. The lowest BCUT2D eigenvalue weighted by molar-refractivity contribution is -0.135. The third-order valence-corrected chi connectivity index (χ3v) is 2.33. The van der Waals surface area contributed by atoms with E-state index in [4.69, 9.17) is 11.6 Å². The van der Waals surface area contributed by atoms with E-state index < -0.39 is 24.3 Å². The maximum atomic E-state index is 13.2. The van der Waals surface area contributed by atoms with Crippen LogP contribution in [0, 0.1) is 5.82 Å². The molecule has 0 saturated heterocycles. The number of amides is 1. The largest absolute Gasteiger partial charge is 0.389 e. The Balaban J connectivity index is 2.48. The summed E-state index contributed by atoms with van der Waals surface area (Å²) in [6.45, 7) is -0.176. The number of nitrogens with one attached hydrogen (secondary N) is 1. The van der Waals surface area contributed by atoms with E-state index >= 15 is 0 Å². The van der Waals surface area contributed by atoms with E-state index in [1.54, 1.807) is 0 Å². The van der Waals surface area contributed by atoms with Crippen molar-refractivity contribution in [3.8, 4) is 0 Å². The topological polar surface area (TPSA) is 29.1 Å². The highest BCUT2D eigenvalue weighted by molar-refractivity contribution is 6.30. The molecule has 7 heteroatoms. The highest BCUT2D eigenvalue weighted by Gasteiger charge is 2.26. The van der Waals surface area contributed by atoms with Crippen molar-refractivity contribution < 1.29 is 22.4 Å². The molecule has 1 rings (SSSR count). The van der Waals surface area contributed by atoms with Crippen molar-refractivity contribution in [1.82, 2.24) is 5.32 Å². The predicted octanol–water partition coefficient (Wildman–Crippen LogP) is 3.55. The van der Waals surface area contributed by atoms with Gasteiger partial charge in [-0.3, -0.25) is 4.79 Å². The Morgan fingerprint density at radius 2 is 2.00 bits per heavy atom. The molecule has 0 radical (unpaired) electrons. The van der Waals surface area contributed by atoms with Gasteiger partial charge in [0.05, 0.1) is 5.56 Å². The van der Waals surface area contributed by atoms with Crippen LogP contribution in [0.4, 0.5) is 17.6 Å². The molecule has 0 saturated carbocycles. The lowest BCUT2D eigenvalue weighted by Gasteiger charge is -2.08. The molecule has 1 aromatic rings. The van der Waals surface area contributed by atoms with Crippen molar-refractivity contribution in [2.24, 2.45) is 0 Å². The standard InChI is InChI=1S/C11H10ClF4NO/c12-7-2-3-9(13)8(6-7)10(18)17-5-1-4-11(14,15)16/h2-3,6H,1,4-5H2,(H,17,18). The van der Waals surface area contributed by atoms with E-state index in [9.17, 15) is 22.4 Å². The molecule has 0 aliphatic rings. The van der Waals surface area contributed by atoms with Gasteiger partial charge in [0.2, 0.25) is 0 Å². The first kappa shape index (κ1) is 14.8. The Morgan fingerprint density at radius 3 is 2.61 bits per heavy atom. The molecule has 0 unspecified atom stereocenters. The molecule has 0 fully saturated rings. The molecule has 0 bridgehead atoms. The smallest absolute Gasteiger partial charge is 0.352 e. The second-order valence-electron chi connectivity index (χ2n) is 3.60. The molecule has 2 nitrogen and oxygen atoms in total. The van der Waals surface area contributed by atoms with Crippen LogP contribution >= 0.6 is 11.6 Å². The van der Waals surface area contributed by atoms with Crippen molar-refractivity contribution >= 4 is 17.5 Å². The van der Waals surface area contributed by atoms with Gasteiger partial charge in [-0.1, -0.05) is 11.6 Å². The molecule has 100 valence electrons. The zero-order valence-electron chi connectivity index (χ0n) is 9.15. The van der Waals surface area contributed by atoms with E-state index in [0.29, 0.717) is 0 Å². The third-order valence-electron chi connectivity index (χ3n) is 2.10. The Labute approximate surface area is 106 Å². The first-order chi connectivity index (χ1) is 8.29. The molecule has 0 aliphatic carbocycles. The van der Waals surface area contributed by atoms with Crippen LogP contribution in [-0.4, -0.2) is 18.6 Å². The van der Waals surface area contributed by atoms with Crippen LogP contribution in [0.15, 0.2) is 18.2 Å². The van der Waals surface area contributed by atoms with E-state index in [1.807, 2.05) is 0 Å². The van der Waals surface area contributed by atoms with Gasteiger partial charge in [-0.15, -0.1) is 0 Å². The lowest BCUT2D eigenvalue weighted by Crippen LogP contribution is -2.26. The van der Waals surface area contributed by atoms with E-state index in [-0.39, 0.29) is 23.6 Å². The number of hydrogen-bond donors (Lipinski definition) is 1. The highest BCUT2D eigenvalue weighted by Crippen LogP contribution is 2.20. The maximum absolute atomic E-state index is 13.2. The molecule has 0 aromatic heterocycles. The fourth-order valence-corrected chi connectivity index (χ4v) is 1.43. The van der Waals surface area contributed by atoms with Crippen LogP contribution in [0.3, 0.4) is 0 Å². The minimum atomic E-state index is -4.26. The number of benzene rings is 1. The van der Waals surface area contributed by atoms with Gasteiger partial charge in [-0.05, 0) is 24.6 Å². The molecule has 1 aromatic carbocycles. The number of carbonyl (C=O) groups is 1. The van der Waals surface area contributed by atoms with Crippen molar-refractivity contribution in [3.05, 3.63) is 34.6 Å². The van der Waals surface area contributed by atoms with E-state index in [0.717, 1.165) is 12.1 Å². The Hall–Kier alpha value is -1.30. The maximum Gasteiger partial charge on any atom is 0.389 e. The SMILES string of the molecule is O=C(NCCCC(F)(F)F)c1cc(Cl)ccc1F. The number of carbonyl (C=O) groups excluding carboxylic acids is 1. The van der Waals surface area contributed by atoms with Crippen molar-refractivity contribution in [2.75, 3.05) is 6.54 Å². The summed E-state index contributed by atoms with van der Waals surface area (Å²) >= 11 is 5.59. The highest BCUT2D eigenvalue weighted by atomic mass is 35.5. The van der Waals surface area contributed by atoms with Gasteiger partial charge in [-0.2, -0.15) is 13.2 Å². The fourth-order valence-electron chi connectivity index (χ4n) is 1.26. The summed E-state index contributed by atoms with van der Waals surface area (Å²) in [5, 5.41) is 2.38. The summed E-state index contributed by atoms with van der Waals surface area (Å²) in [5.41, 5.74) is -0.283. The van der Waals surface area contributed by atoms with Crippen molar-refractivity contribution in [3.63, 3.8) is 0 Å². The van der Waals surface area contributed by atoms with Crippen LogP contribution in [-0.2, 0) is 0 Å². The van der Waals surface area contributed by atoms with Crippen LogP contribution in [0.25, 0.3) is 0 Å². The van der Waals surface area contributed by atoms with Crippen LogP contribution in [0.2, 0.25) is 5.02 Å². The zero-order chi connectivity index (χ0) is 13.8. The normalized spacial score (nSPS) is 11.4. The van der Waals surface area contributed by atoms with Gasteiger partial charge in [0, 0.05) is 18.0 Å². The summed E-state index contributed by atoms with van der Waals surface area (Å²) < 4.78 is 48.7. The van der Waals surface area contributed by atoms with Gasteiger partial charge in [0.25, 0.3) is 5.91 Å². The quantitative estimate of drug-likeness (QED) is 0.664. The summed E-state index contributed by atoms with van der Waals surface area (Å²) in [6, 6.07) is 3.42. The minimum absolute atomic E-state index is 0.176. The summed E-state index contributed by atoms with van der Waals surface area (Å²) in [6.07, 6.45) is -5.51. The molecule has 0 heterocycles. The van der Waals surface area contributed by atoms with E-state index in [1.165, 1.54) is 6.07 Å². The molecule has 0 spiro atoms. The predicted molar refractivity (Wildman–Crippen MR) is 59.0 cm³/mol. The molecule has 18 heavy (non-hydrogen) atoms. The van der Waals surface area contributed by atoms with Crippen LogP contribution in [0.5, 0.6) is 0 Å². The molecule has 1 amide bonds. The molecule has 1 N–H and O–H groups in total.